The van der Waals surface area contributed by atoms with Crippen molar-refractivity contribution in [1.82, 2.24) is 5.32 Å². The molecule has 0 atom stereocenters. The van der Waals surface area contributed by atoms with E-state index < -0.39 is 5.97 Å². The Balaban J connectivity index is 1.98. The first kappa shape index (κ1) is 16.8. The fraction of sp³-hybridized carbons (Fsp3) is 0.333. The lowest BCUT2D eigenvalue weighted by molar-refractivity contribution is 0.0697. The number of urea groups is 1. The summed E-state index contributed by atoms with van der Waals surface area (Å²) in [5.41, 5.74) is 2.94. The van der Waals surface area contributed by atoms with Crippen LogP contribution in [0, 0.1) is 5.41 Å². The van der Waals surface area contributed by atoms with Crippen LogP contribution in [0.1, 0.15) is 44.0 Å². The van der Waals surface area contributed by atoms with Gasteiger partial charge in [0, 0.05) is 11.4 Å². The number of benzene rings is 1. The molecule has 2 rings (SSSR count). The van der Waals surface area contributed by atoms with Crippen LogP contribution in [0.15, 0.2) is 47.7 Å². The number of carboxylic acid groups (broad SMARTS) is 1. The summed E-state index contributed by atoms with van der Waals surface area (Å²) in [6.07, 6.45) is 5.69. The second kappa shape index (κ2) is 6.69. The monoisotopic (exact) mass is 314 g/mol. The van der Waals surface area contributed by atoms with E-state index in [1.807, 2.05) is 6.08 Å². The first-order valence-corrected chi connectivity index (χ1v) is 7.57. The van der Waals surface area contributed by atoms with E-state index in [9.17, 15) is 9.59 Å². The van der Waals surface area contributed by atoms with Crippen LogP contribution in [0.4, 0.5) is 10.5 Å². The molecule has 5 heteroatoms. The van der Waals surface area contributed by atoms with Gasteiger partial charge in [-0.05, 0) is 42.5 Å². The summed E-state index contributed by atoms with van der Waals surface area (Å²) in [4.78, 5) is 22.9. The van der Waals surface area contributed by atoms with Crippen LogP contribution in [-0.4, -0.2) is 17.1 Å². The van der Waals surface area contributed by atoms with E-state index in [1.54, 1.807) is 12.1 Å². The zero-order valence-electron chi connectivity index (χ0n) is 13.6. The lowest BCUT2D eigenvalue weighted by atomic mass is 9.81. The minimum absolute atomic E-state index is 0.137. The van der Waals surface area contributed by atoms with Gasteiger partial charge in [0.2, 0.25) is 0 Å². The Labute approximate surface area is 136 Å². The number of carbonyl (C=O) groups is 2. The Morgan fingerprint density at radius 3 is 2.39 bits per heavy atom. The lowest BCUT2D eigenvalue weighted by Gasteiger charge is -2.26. The fourth-order valence-electron chi connectivity index (χ4n) is 2.40. The molecule has 122 valence electrons. The quantitative estimate of drug-likeness (QED) is 0.784. The molecule has 0 saturated carbocycles. The molecule has 1 aliphatic carbocycles. The van der Waals surface area contributed by atoms with Gasteiger partial charge in [0.1, 0.15) is 0 Å². The molecule has 5 nitrogen and oxygen atoms in total. The molecule has 1 aromatic carbocycles. The number of carboxylic acids is 1. The topological polar surface area (TPSA) is 78.4 Å². The maximum absolute atomic E-state index is 12.0. The molecule has 0 saturated heterocycles. The number of allylic oxidation sites excluding steroid dienone is 4. The summed E-state index contributed by atoms with van der Waals surface area (Å²) in [5.74, 6) is -1.02. The Hall–Kier alpha value is -2.56. The molecule has 0 heterocycles. The van der Waals surface area contributed by atoms with Gasteiger partial charge in [0.05, 0.1) is 5.56 Å². The van der Waals surface area contributed by atoms with Crippen molar-refractivity contribution in [3.8, 4) is 0 Å². The van der Waals surface area contributed by atoms with Gasteiger partial charge in [-0.3, -0.25) is 0 Å². The number of hydrogen-bond acceptors (Lipinski definition) is 2. The summed E-state index contributed by atoms with van der Waals surface area (Å²) in [6, 6.07) is 5.78. The number of hydrogen-bond donors (Lipinski definition) is 3. The molecule has 0 spiro atoms. The zero-order valence-corrected chi connectivity index (χ0v) is 13.6. The summed E-state index contributed by atoms with van der Waals surface area (Å²) < 4.78 is 0. The largest absolute Gasteiger partial charge is 0.478 e. The predicted octanol–water partition coefficient (Wildman–Crippen LogP) is 4.16. The third kappa shape index (κ3) is 4.71. The molecule has 0 unspecified atom stereocenters. The number of carbonyl (C=O) groups excluding carboxylic acids is 1. The van der Waals surface area contributed by atoms with Gasteiger partial charge in [-0.2, -0.15) is 0 Å². The standard InChI is InChI=1S/C18H22N2O3/c1-18(2,3)13-7-9-14(10-8-13)19-17(23)20-15-6-4-5-12(11-15)16(21)22/h4-7,9,11H,8,10H2,1-3H3,(H,21,22)(H2,19,20,23). The van der Waals surface area contributed by atoms with E-state index in [2.05, 4.69) is 37.5 Å². The van der Waals surface area contributed by atoms with E-state index in [0.717, 1.165) is 18.5 Å². The van der Waals surface area contributed by atoms with Gasteiger partial charge >= 0.3 is 12.0 Å². The van der Waals surface area contributed by atoms with Crippen molar-refractivity contribution in [2.45, 2.75) is 33.6 Å². The highest BCUT2D eigenvalue weighted by Gasteiger charge is 2.19. The van der Waals surface area contributed by atoms with Crippen molar-refractivity contribution in [1.29, 1.82) is 0 Å². The number of rotatable bonds is 3. The van der Waals surface area contributed by atoms with E-state index in [4.69, 9.17) is 5.11 Å². The van der Waals surface area contributed by atoms with E-state index in [0.29, 0.717) is 5.69 Å². The van der Waals surface area contributed by atoms with E-state index >= 15 is 0 Å². The minimum Gasteiger partial charge on any atom is -0.478 e. The van der Waals surface area contributed by atoms with Gasteiger partial charge in [0.25, 0.3) is 0 Å². The van der Waals surface area contributed by atoms with Gasteiger partial charge in [-0.15, -0.1) is 0 Å². The number of aromatic carboxylic acids is 1. The average molecular weight is 314 g/mol. The Bertz CT molecular complexity index is 682. The van der Waals surface area contributed by atoms with Crippen molar-refractivity contribution in [3.05, 3.63) is 53.3 Å². The first-order valence-electron chi connectivity index (χ1n) is 7.57. The third-order valence-corrected chi connectivity index (χ3v) is 3.75. The first-order chi connectivity index (χ1) is 10.8. The molecule has 2 amide bonds. The highest BCUT2D eigenvalue weighted by atomic mass is 16.4. The summed E-state index contributed by atoms with van der Waals surface area (Å²) >= 11 is 0. The van der Waals surface area contributed by atoms with Crippen LogP contribution < -0.4 is 10.6 Å². The molecule has 0 aliphatic heterocycles. The molecule has 0 radical (unpaired) electrons. The van der Waals surface area contributed by atoms with Crippen molar-refractivity contribution in [2.24, 2.45) is 5.41 Å². The molecule has 0 bridgehead atoms. The van der Waals surface area contributed by atoms with Crippen molar-refractivity contribution in [3.63, 3.8) is 0 Å². The minimum atomic E-state index is -1.02. The van der Waals surface area contributed by atoms with E-state index in [-0.39, 0.29) is 17.0 Å². The van der Waals surface area contributed by atoms with Crippen LogP contribution in [0.25, 0.3) is 0 Å². The lowest BCUT2D eigenvalue weighted by Crippen LogP contribution is -2.29. The fourth-order valence-corrected chi connectivity index (χ4v) is 2.40. The number of amides is 2. The SMILES string of the molecule is CC(C)(C)C1=CC=C(NC(=O)Nc2cccc(C(=O)O)c2)CC1. The normalized spacial score (nSPS) is 14.6. The second-order valence-electron chi connectivity index (χ2n) is 6.60. The Kier molecular flexibility index (Phi) is 4.89. The van der Waals surface area contributed by atoms with E-state index in [1.165, 1.54) is 17.7 Å². The molecule has 3 N–H and O–H groups in total. The third-order valence-electron chi connectivity index (χ3n) is 3.75. The molecule has 0 fully saturated rings. The molecule has 23 heavy (non-hydrogen) atoms. The van der Waals surface area contributed by atoms with Crippen LogP contribution in [-0.2, 0) is 0 Å². The number of anilines is 1. The van der Waals surface area contributed by atoms with Gasteiger partial charge in [0.15, 0.2) is 0 Å². The second-order valence-corrected chi connectivity index (χ2v) is 6.60. The van der Waals surface area contributed by atoms with Crippen LogP contribution in [0.5, 0.6) is 0 Å². The van der Waals surface area contributed by atoms with Gasteiger partial charge < -0.3 is 15.7 Å². The smallest absolute Gasteiger partial charge is 0.335 e. The van der Waals surface area contributed by atoms with Crippen molar-refractivity contribution in [2.75, 3.05) is 5.32 Å². The summed E-state index contributed by atoms with van der Waals surface area (Å²) in [6.45, 7) is 6.52. The van der Waals surface area contributed by atoms with Gasteiger partial charge in [-0.25, -0.2) is 9.59 Å². The van der Waals surface area contributed by atoms with Crippen LogP contribution in [0.3, 0.4) is 0 Å². The maximum Gasteiger partial charge on any atom is 0.335 e. The highest BCUT2D eigenvalue weighted by molar-refractivity contribution is 5.93. The van der Waals surface area contributed by atoms with Gasteiger partial charge in [-0.1, -0.05) is 38.5 Å². The zero-order chi connectivity index (χ0) is 17.0. The molecule has 1 aromatic rings. The number of nitrogens with one attached hydrogen (secondary N) is 2. The predicted molar refractivity (Wildman–Crippen MR) is 90.4 cm³/mol. The summed E-state index contributed by atoms with van der Waals surface area (Å²) in [7, 11) is 0. The van der Waals surface area contributed by atoms with Crippen molar-refractivity contribution < 1.29 is 14.7 Å². The average Bonchev–Trinajstić information content (AvgIpc) is 2.47. The molecular formula is C18H22N2O3. The Morgan fingerprint density at radius 2 is 1.83 bits per heavy atom. The van der Waals surface area contributed by atoms with Crippen LogP contribution >= 0.6 is 0 Å². The Morgan fingerprint density at radius 1 is 1.09 bits per heavy atom. The maximum atomic E-state index is 12.0. The highest BCUT2D eigenvalue weighted by Crippen LogP contribution is 2.32. The van der Waals surface area contributed by atoms with Crippen LogP contribution in [0.2, 0.25) is 0 Å². The molecule has 1 aliphatic rings. The summed E-state index contributed by atoms with van der Waals surface area (Å²) in [5, 5.41) is 14.4. The molecule has 0 aromatic heterocycles. The van der Waals surface area contributed by atoms with Crippen molar-refractivity contribution >= 4 is 17.7 Å². The molecular weight excluding hydrogens is 292 g/mol.